The van der Waals surface area contributed by atoms with E-state index in [1.54, 1.807) is 12.1 Å². The van der Waals surface area contributed by atoms with E-state index < -0.39 is 0 Å². The number of nitrogens with two attached hydrogens (primary N) is 1. The number of fused-ring (bicyclic) bond motifs is 1. The second-order valence-corrected chi connectivity index (χ2v) is 6.03. The summed E-state index contributed by atoms with van der Waals surface area (Å²) < 4.78 is 14.4. The van der Waals surface area contributed by atoms with E-state index in [4.69, 9.17) is 11.1 Å². The second-order valence-electron chi connectivity index (χ2n) is 6.03. The van der Waals surface area contributed by atoms with Crippen LogP contribution in [-0.4, -0.2) is 18.4 Å². The van der Waals surface area contributed by atoms with Crippen molar-refractivity contribution in [3.63, 3.8) is 0 Å². The number of nitrogens with one attached hydrogen (secondary N) is 1. The maximum absolute atomic E-state index is 14.4. The van der Waals surface area contributed by atoms with Crippen LogP contribution in [-0.2, 0) is 0 Å². The molecule has 2 aliphatic rings. The summed E-state index contributed by atoms with van der Waals surface area (Å²) in [5.41, 5.74) is 6.57. The first-order valence-electron chi connectivity index (χ1n) is 7.57. The molecule has 4 heteroatoms. The fourth-order valence-electron chi connectivity index (χ4n) is 3.83. The van der Waals surface area contributed by atoms with Crippen molar-refractivity contribution in [2.24, 2.45) is 11.7 Å². The van der Waals surface area contributed by atoms with Crippen molar-refractivity contribution in [2.45, 2.75) is 44.6 Å². The van der Waals surface area contributed by atoms with Crippen LogP contribution in [0, 0.1) is 17.1 Å². The van der Waals surface area contributed by atoms with E-state index in [-0.39, 0.29) is 11.7 Å². The van der Waals surface area contributed by atoms with Crippen molar-refractivity contribution in [1.82, 2.24) is 0 Å². The Morgan fingerprint density at radius 1 is 1.20 bits per heavy atom. The van der Waals surface area contributed by atoms with E-state index in [2.05, 4.69) is 4.90 Å². The van der Waals surface area contributed by atoms with E-state index in [1.165, 1.54) is 38.2 Å². The topological polar surface area (TPSA) is 53.1 Å². The molecule has 3 N–H and O–H groups in total. The van der Waals surface area contributed by atoms with Gasteiger partial charge in [0.25, 0.3) is 0 Å². The maximum atomic E-state index is 14.4. The summed E-state index contributed by atoms with van der Waals surface area (Å²) >= 11 is 0. The minimum atomic E-state index is -0.246. The molecule has 1 heterocycles. The van der Waals surface area contributed by atoms with Crippen LogP contribution in [0.5, 0.6) is 0 Å². The van der Waals surface area contributed by atoms with Crippen LogP contribution in [0.2, 0.25) is 0 Å². The Morgan fingerprint density at radius 3 is 2.70 bits per heavy atom. The molecule has 1 aromatic rings. The summed E-state index contributed by atoms with van der Waals surface area (Å²) in [7, 11) is 0. The van der Waals surface area contributed by atoms with Crippen molar-refractivity contribution in [3.05, 3.63) is 29.6 Å². The lowest BCUT2D eigenvalue weighted by Gasteiger charge is -2.45. The summed E-state index contributed by atoms with van der Waals surface area (Å²) in [6.07, 6.45) is 7.47. The lowest BCUT2D eigenvalue weighted by Crippen LogP contribution is -2.47. The fourth-order valence-corrected chi connectivity index (χ4v) is 3.83. The zero-order chi connectivity index (χ0) is 14.1. The van der Waals surface area contributed by atoms with Crippen LogP contribution in [0.15, 0.2) is 18.2 Å². The first kappa shape index (κ1) is 13.4. The largest absolute Gasteiger partial charge is 0.384 e. The van der Waals surface area contributed by atoms with Crippen molar-refractivity contribution < 1.29 is 4.39 Å². The highest BCUT2D eigenvalue weighted by Gasteiger charge is 2.34. The number of nitrogens with zero attached hydrogens (tertiary/aromatic N) is 1. The Morgan fingerprint density at radius 2 is 1.95 bits per heavy atom. The van der Waals surface area contributed by atoms with Crippen LogP contribution >= 0.6 is 0 Å². The Hall–Kier alpha value is -1.58. The average molecular weight is 275 g/mol. The van der Waals surface area contributed by atoms with E-state index in [1.807, 2.05) is 0 Å². The van der Waals surface area contributed by atoms with Crippen molar-refractivity contribution in [3.8, 4) is 0 Å². The highest BCUT2D eigenvalue weighted by molar-refractivity contribution is 5.95. The summed E-state index contributed by atoms with van der Waals surface area (Å²) in [5, 5.41) is 7.39. The first-order chi connectivity index (χ1) is 9.66. The van der Waals surface area contributed by atoms with E-state index in [0.29, 0.717) is 17.3 Å². The quantitative estimate of drug-likeness (QED) is 0.643. The Balaban J connectivity index is 1.89. The van der Waals surface area contributed by atoms with Crippen LogP contribution < -0.4 is 10.6 Å². The second kappa shape index (κ2) is 5.43. The normalized spacial score (nSPS) is 26.1. The first-order valence-corrected chi connectivity index (χ1v) is 7.57. The van der Waals surface area contributed by atoms with Gasteiger partial charge in [0.1, 0.15) is 11.7 Å². The number of rotatable bonds is 2. The summed E-state index contributed by atoms with van der Waals surface area (Å²) in [4.78, 5) is 2.26. The molecule has 1 saturated heterocycles. The van der Waals surface area contributed by atoms with Crippen LogP contribution in [0.4, 0.5) is 10.1 Å². The van der Waals surface area contributed by atoms with Crippen LogP contribution in [0.1, 0.15) is 44.1 Å². The predicted molar refractivity (Wildman–Crippen MR) is 79.7 cm³/mol. The third kappa shape index (κ3) is 2.39. The summed E-state index contributed by atoms with van der Waals surface area (Å²) in [6.45, 7) is 0.942. The summed E-state index contributed by atoms with van der Waals surface area (Å²) in [6, 6.07) is 5.44. The molecule has 2 unspecified atom stereocenters. The number of anilines is 1. The summed E-state index contributed by atoms with van der Waals surface area (Å²) in [5.74, 6) is 0.401. The van der Waals surface area contributed by atoms with Crippen LogP contribution in [0.25, 0.3) is 0 Å². The molecule has 0 bridgehead atoms. The van der Waals surface area contributed by atoms with Gasteiger partial charge in [0, 0.05) is 18.2 Å². The number of nitrogen functional groups attached to an aromatic ring is 1. The smallest absolute Gasteiger partial charge is 0.147 e. The van der Waals surface area contributed by atoms with Gasteiger partial charge in [-0.25, -0.2) is 4.39 Å². The number of amidine groups is 1. The number of halogens is 1. The van der Waals surface area contributed by atoms with E-state index >= 15 is 0 Å². The third-order valence-electron chi connectivity index (χ3n) is 4.81. The SMILES string of the molecule is N=C(N)c1ccc(N2CCCC3CCCCC32)c(F)c1. The minimum Gasteiger partial charge on any atom is -0.384 e. The fraction of sp³-hybridized carbons (Fsp3) is 0.562. The van der Waals surface area contributed by atoms with Gasteiger partial charge in [-0.1, -0.05) is 12.8 Å². The number of hydrogen-bond acceptors (Lipinski definition) is 2. The van der Waals surface area contributed by atoms with E-state index in [9.17, 15) is 4.39 Å². The number of piperidine rings is 1. The molecule has 0 aromatic heterocycles. The number of hydrogen-bond donors (Lipinski definition) is 2. The highest BCUT2D eigenvalue weighted by Crippen LogP contribution is 2.38. The maximum Gasteiger partial charge on any atom is 0.147 e. The van der Waals surface area contributed by atoms with Gasteiger partial charge in [-0.3, -0.25) is 5.41 Å². The lowest BCUT2D eigenvalue weighted by molar-refractivity contribution is 0.242. The molecular weight excluding hydrogens is 253 g/mol. The van der Waals surface area contributed by atoms with Crippen LogP contribution in [0.3, 0.4) is 0 Å². The monoisotopic (exact) mass is 275 g/mol. The van der Waals surface area contributed by atoms with Gasteiger partial charge in [-0.2, -0.15) is 0 Å². The minimum absolute atomic E-state index is 0.0790. The molecule has 1 saturated carbocycles. The average Bonchev–Trinajstić information content (AvgIpc) is 2.46. The van der Waals surface area contributed by atoms with Gasteiger partial charge >= 0.3 is 0 Å². The molecule has 1 aliphatic heterocycles. The molecule has 2 fully saturated rings. The van der Waals surface area contributed by atoms with E-state index in [0.717, 1.165) is 18.9 Å². The standard InChI is InChI=1S/C16H22FN3/c17-13-10-12(16(18)19)7-8-15(13)20-9-3-5-11-4-1-2-6-14(11)20/h7-8,10-11,14H,1-6,9H2,(H3,18,19). The Kier molecular flexibility index (Phi) is 3.64. The third-order valence-corrected chi connectivity index (χ3v) is 4.81. The molecule has 3 nitrogen and oxygen atoms in total. The van der Waals surface area contributed by atoms with Crippen molar-refractivity contribution in [2.75, 3.05) is 11.4 Å². The zero-order valence-corrected chi connectivity index (χ0v) is 11.7. The molecule has 0 amide bonds. The molecule has 108 valence electrons. The van der Waals surface area contributed by atoms with Gasteiger partial charge in [0.2, 0.25) is 0 Å². The highest BCUT2D eigenvalue weighted by atomic mass is 19.1. The van der Waals surface area contributed by atoms with Gasteiger partial charge in [-0.05, 0) is 49.8 Å². The lowest BCUT2D eigenvalue weighted by atomic mass is 9.78. The predicted octanol–water partition coefficient (Wildman–Crippen LogP) is 3.27. The molecule has 0 spiro atoms. The molecule has 3 rings (SSSR count). The van der Waals surface area contributed by atoms with Crippen molar-refractivity contribution >= 4 is 11.5 Å². The van der Waals surface area contributed by atoms with Crippen molar-refractivity contribution in [1.29, 1.82) is 5.41 Å². The van der Waals surface area contributed by atoms with Gasteiger partial charge in [-0.15, -0.1) is 0 Å². The zero-order valence-electron chi connectivity index (χ0n) is 11.7. The molecule has 20 heavy (non-hydrogen) atoms. The molecule has 1 aromatic carbocycles. The Bertz CT molecular complexity index is 512. The molecular formula is C16H22FN3. The molecule has 0 radical (unpaired) electrons. The van der Waals surface area contributed by atoms with Gasteiger partial charge in [0.15, 0.2) is 0 Å². The molecule has 2 atom stereocenters. The van der Waals surface area contributed by atoms with Gasteiger partial charge in [0.05, 0.1) is 5.69 Å². The van der Waals surface area contributed by atoms with Gasteiger partial charge < -0.3 is 10.6 Å². The molecule has 1 aliphatic carbocycles. The Labute approximate surface area is 119 Å². The number of benzene rings is 1.